The largest absolute Gasteiger partial charge is 0.348 e. The summed E-state index contributed by atoms with van der Waals surface area (Å²) in [4.78, 5) is 9.12. The first-order valence-electron chi connectivity index (χ1n) is 8.67. The molecule has 1 fully saturated rings. The van der Waals surface area contributed by atoms with E-state index in [1.54, 1.807) is 0 Å². The van der Waals surface area contributed by atoms with Crippen LogP contribution in [0.4, 0.5) is 5.13 Å². The zero-order chi connectivity index (χ0) is 14.8. The van der Waals surface area contributed by atoms with Crippen LogP contribution in [0.5, 0.6) is 0 Å². The molecule has 3 rings (SSSR count). The molecule has 0 radical (unpaired) electrons. The molecule has 1 aromatic heterocycles. The van der Waals surface area contributed by atoms with Crippen molar-refractivity contribution in [2.45, 2.75) is 58.9 Å². The highest BCUT2D eigenvalue weighted by molar-refractivity contribution is 7.15. The Morgan fingerprint density at radius 2 is 2.14 bits per heavy atom. The molecule has 118 valence electrons. The molecule has 3 nitrogen and oxygen atoms in total. The molecule has 4 heteroatoms. The smallest absolute Gasteiger partial charge is 0.185 e. The molecule has 3 unspecified atom stereocenters. The van der Waals surface area contributed by atoms with Crippen LogP contribution >= 0.6 is 11.3 Å². The van der Waals surface area contributed by atoms with Crippen LogP contribution in [0.25, 0.3) is 0 Å². The van der Waals surface area contributed by atoms with Crippen molar-refractivity contribution in [3.05, 3.63) is 10.6 Å². The maximum absolute atomic E-state index is 5.05. The van der Waals surface area contributed by atoms with Gasteiger partial charge in [0.25, 0.3) is 0 Å². The minimum absolute atomic E-state index is 0.500. The Bertz CT molecular complexity index is 471. The second-order valence-corrected chi connectivity index (χ2v) is 7.96. The minimum atomic E-state index is 0.500. The van der Waals surface area contributed by atoms with E-state index in [1.165, 1.54) is 60.9 Å². The molecule has 3 atom stereocenters. The third-order valence-corrected chi connectivity index (χ3v) is 6.38. The molecular formula is C17H29N3S. The van der Waals surface area contributed by atoms with E-state index in [0.29, 0.717) is 6.04 Å². The maximum Gasteiger partial charge on any atom is 0.185 e. The van der Waals surface area contributed by atoms with Gasteiger partial charge < -0.3 is 10.2 Å². The highest BCUT2D eigenvalue weighted by Crippen LogP contribution is 2.38. The number of hydrogen-bond donors (Lipinski definition) is 1. The Morgan fingerprint density at radius 1 is 1.29 bits per heavy atom. The van der Waals surface area contributed by atoms with Crippen LogP contribution in [0.1, 0.15) is 63.1 Å². The van der Waals surface area contributed by atoms with Crippen LogP contribution in [-0.4, -0.2) is 24.6 Å². The molecular weight excluding hydrogens is 278 g/mol. The van der Waals surface area contributed by atoms with E-state index in [1.807, 2.05) is 11.3 Å². The van der Waals surface area contributed by atoms with Crippen molar-refractivity contribution in [2.75, 3.05) is 24.5 Å². The molecule has 1 aliphatic carbocycles. The molecule has 0 saturated carbocycles. The average molecular weight is 308 g/mol. The molecule has 1 aliphatic heterocycles. The number of anilines is 1. The first-order chi connectivity index (χ1) is 10.2. The van der Waals surface area contributed by atoms with Gasteiger partial charge in [-0.15, -0.1) is 11.3 Å². The summed E-state index contributed by atoms with van der Waals surface area (Å²) in [7, 11) is 0. The molecule has 0 bridgehead atoms. The third-order valence-electron chi connectivity index (χ3n) is 5.19. The van der Waals surface area contributed by atoms with Crippen LogP contribution < -0.4 is 10.2 Å². The molecule has 0 spiro atoms. The van der Waals surface area contributed by atoms with Gasteiger partial charge in [0.2, 0.25) is 0 Å². The first kappa shape index (κ1) is 15.3. The van der Waals surface area contributed by atoms with Crippen molar-refractivity contribution in [1.82, 2.24) is 10.3 Å². The number of nitrogens with one attached hydrogen (secondary N) is 1. The molecule has 1 aromatic rings. The standard InChI is InChI=1S/C17H29N3S/c1-4-9-18-14-6-5-7-15-16(14)19-17(21-15)20-10-8-12(2)13(3)11-20/h12-14,18H,4-11H2,1-3H3. The first-order valence-corrected chi connectivity index (χ1v) is 9.48. The molecule has 2 heterocycles. The topological polar surface area (TPSA) is 28.2 Å². The number of aromatic nitrogens is 1. The second-order valence-electron chi connectivity index (χ2n) is 6.89. The lowest BCUT2D eigenvalue weighted by Gasteiger charge is -2.35. The van der Waals surface area contributed by atoms with E-state index in [9.17, 15) is 0 Å². The third kappa shape index (κ3) is 3.26. The average Bonchev–Trinajstić information content (AvgIpc) is 2.92. The van der Waals surface area contributed by atoms with Gasteiger partial charge in [-0.2, -0.15) is 0 Å². The Balaban J connectivity index is 1.75. The number of nitrogens with zero attached hydrogens (tertiary/aromatic N) is 2. The molecule has 0 aromatic carbocycles. The number of rotatable bonds is 4. The zero-order valence-electron chi connectivity index (χ0n) is 13.7. The van der Waals surface area contributed by atoms with Crippen molar-refractivity contribution in [3.63, 3.8) is 0 Å². The number of thiazole rings is 1. The number of hydrogen-bond acceptors (Lipinski definition) is 4. The van der Waals surface area contributed by atoms with Gasteiger partial charge in [-0.25, -0.2) is 4.98 Å². The van der Waals surface area contributed by atoms with E-state index in [-0.39, 0.29) is 0 Å². The number of fused-ring (bicyclic) bond motifs is 1. The Morgan fingerprint density at radius 3 is 2.90 bits per heavy atom. The van der Waals surface area contributed by atoms with Gasteiger partial charge in [0.05, 0.1) is 11.7 Å². The predicted octanol–water partition coefficient (Wildman–Crippen LogP) is 4.00. The fourth-order valence-corrected chi connectivity index (χ4v) is 4.69. The lowest BCUT2D eigenvalue weighted by molar-refractivity contribution is 0.323. The van der Waals surface area contributed by atoms with E-state index >= 15 is 0 Å². The zero-order valence-corrected chi connectivity index (χ0v) is 14.5. The van der Waals surface area contributed by atoms with Crippen molar-refractivity contribution in [3.8, 4) is 0 Å². The second kappa shape index (κ2) is 6.66. The van der Waals surface area contributed by atoms with Crippen LogP contribution in [0, 0.1) is 11.8 Å². The predicted molar refractivity (Wildman–Crippen MR) is 91.2 cm³/mol. The van der Waals surface area contributed by atoms with E-state index in [0.717, 1.165) is 18.4 Å². The summed E-state index contributed by atoms with van der Waals surface area (Å²) in [6, 6.07) is 0.500. The normalized spacial score (nSPS) is 29.5. The van der Waals surface area contributed by atoms with Gasteiger partial charge >= 0.3 is 0 Å². The summed E-state index contributed by atoms with van der Waals surface area (Å²) < 4.78 is 0. The lowest BCUT2D eigenvalue weighted by atomic mass is 9.89. The van der Waals surface area contributed by atoms with Crippen molar-refractivity contribution >= 4 is 16.5 Å². The van der Waals surface area contributed by atoms with Crippen LogP contribution in [0.2, 0.25) is 0 Å². The van der Waals surface area contributed by atoms with Crippen molar-refractivity contribution in [2.24, 2.45) is 11.8 Å². The summed E-state index contributed by atoms with van der Waals surface area (Å²) in [6.07, 6.45) is 6.30. The monoisotopic (exact) mass is 307 g/mol. The van der Waals surface area contributed by atoms with Crippen LogP contribution in [0.3, 0.4) is 0 Å². The summed E-state index contributed by atoms with van der Waals surface area (Å²) in [5.74, 6) is 1.64. The van der Waals surface area contributed by atoms with E-state index < -0.39 is 0 Å². The SMILES string of the molecule is CCCNC1CCCc2sc(N3CCC(C)C(C)C3)nc21. The minimum Gasteiger partial charge on any atom is -0.348 e. The number of piperidine rings is 1. The summed E-state index contributed by atoms with van der Waals surface area (Å²) in [5.41, 5.74) is 1.36. The highest BCUT2D eigenvalue weighted by atomic mass is 32.1. The lowest BCUT2D eigenvalue weighted by Crippen LogP contribution is -2.38. The molecule has 1 N–H and O–H groups in total. The highest BCUT2D eigenvalue weighted by Gasteiger charge is 2.28. The molecule has 21 heavy (non-hydrogen) atoms. The van der Waals surface area contributed by atoms with Gasteiger partial charge in [0, 0.05) is 18.0 Å². The quantitative estimate of drug-likeness (QED) is 0.911. The van der Waals surface area contributed by atoms with Crippen LogP contribution in [0.15, 0.2) is 0 Å². The van der Waals surface area contributed by atoms with Gasteiger partial charge in [-0.05, 0) is 50.5 Å². The van der Waals surface area contributed by atoms with Crippen LogP contribution in [-0.2, 0) is 6.42 Å². The Labute approximate surface area is 133 Å². The fourth-order valence-electron chi connectivity index (χ4n) is 3.49. The van der Waals surface area contributed by atoms with Crippen molar-refractivity contribution in [1.29, 1.82) is 0 Å². The van der Waals surface area contributed by atoms with Gasteiger partial charge in [-0.3, -0.25) is 0 Å². The van der Waals surface area contributed by atoms with E-state index in [4.69, 9.17) is 4.98 Å². The molecule has 0 amide bonds. The Hall–Kier alpha value is -0.610. The molecule has 1 saturated heterocycles. The fraction of sp³-hybridized carbons (Fsp3) is 0.824. The van der Waals surface area contributed by atoms with Crippen molar-refractivity contribution < 1.29 is 0 Å². The van der Waals surface area contributed by atoms with Gasteiger partial charge in [0.15, 0.2) is 5.13 Å². The maximum atomic E-state index is 5.05. The number of aryl methyl sites for hydroxylation is 1. The van der Waals surface area contributed by atoms with E-state index in [2.05, 4.69) is 31.0 Å². The summed E-state index contributed by atoms with van der Waals surface area (Å²) >= 11 is 1.96. The summed E-state index contributed by atoms with van der Waals surface area (Å²) in [6.45, 7) is 10.5. The summed E-state index contributed by atoms with van der Waals surface area (Å²) in [5, 5.41) is 4.97. The molecule has 2 aliphatic rings. The Kier molecular flexibility index (Phi) is 4.85. The van der Waals surface area contributed by atoms with Gasteiger partial charge in [0.1, 0.15) is 0 Å². The van der Waals surface area contributed by atoms with Gasteiger partial charge in [-0.1, -0.05) is 20.8 Å².